The number of carboxylic acid groups (broad SMARTS) is 1. The average molecular weight is 572 g/mol. The van der Waals surface area contributed by atoms with Crippen LogP contribution in [0.15, 0.2) is 34.7 Å². The first-order chi connectivity index (χ1) is 19.8. The van der Waals surface area contributed by atoms with Gasteiger partial charge in [-0.2, -0.15) is 4.98 Å². The van der Waals surface area contributed by atoms with Gasteiger partial charge in [0.1, 0.15) is 24.2 Å². The normalized spacial score (nSPS) is 20.4. The molecule has 1 aliphatic carbocycles. The number of oxazole rings is 1. The Morgan fingerprint density at radius 3 is 2.63 bits per heavy atom. The topological polar surface area (TPSA) is 114 Å². The zero-order chi connectivity index (χ0) is 28.9. The molecule has 0 amide bonds. The first-order valence-corrected chi connectivity index (χ1v) is 14.1. The van der Waals surface area contributed by atoms with Gasteiger partial charge < -0.3 is 24.3 Å². The number of nitrogens with one attached hydrogen (secondary N) is 1. The summed E-state index contributed by atoms with van der Waals surface area (Å²) in [5.74, 6) is -2.46. The molecule has 41 heavy (non-hydrogen) atoms. The summed E-state index contributed by atoms with van der Waals surface area (Å²) in [7, 11) is 0. The van der Waals surface area contributed by atoms with Gasteiger partial charge in [0.2, 0.25) is 0 Å². The number of carbonyl (C=O) groups excluding carboxylic acids is 1. The Morgan fingerprint density at radius 1 is 1.15 bits per heavy atom. The number of halogens is 2. The van der Waals surface area contributed by atoms with E-state index in [1.807, 2.05) is 0 Å². The Hall–Kier alpha value is -3.41. The number of benzene rings is 2. The smallest absolute Gasteiger partial charge is 0.306 e. The minimum atomic E-state index is -0.753. The zero-order valence-electron chi connectivity index (χ0n) is 23.0. The number of carbonyl (C=O) groups is 2. The van der Waals surface area contributed by atoms with Crippen LogP contribution in [0.5, 0.6) is 0 Å². The molecular weight excluding hydrogens is 536 g/mol. The Balaban J connectivity index is 1.16. The van der Waals surface area contributed by atoms with E-state index in [1.165, 1.54) is 18.2 Å². The number of Topliss-reactive ketones (excluding diaryl/α,β-unsaturated/α-hetero) is 1. The van der Waals surface area contributed by atoms with E-state index in [4.69, 9.17) is 13.9 Å². The number of aromatic nitrogens is 1. The Morgan fingerprint density at radius 2 is 1.90 bits per heavy atom. The highest BCUT2D eigenvalue weighted by molar-refractivity contribution is 5.84. The lowest BCUT2D eigenvalue weighted by atomic mass is 9.87. The van der Waals surface area contributed by atoms with Crippen molar-refractivity contribution < 1.29 is 37.4 Å². The molecule has 2 heterocycles. The van der Waals surface area contributed by atoms with Crippen molar-refractivity contribution in [2.24, 2.45) is 5.92 Å². The number of nitrogens with zero attached hydrogens (tertiary/aromatic N) is 2. The van der Waals surface area contributed by atoms with Crippen LogP contribution in [0.2, 0.25) is 0 Å². The summed E-state index contributed by atoms with van der Waals surface area (Å²) >= 11 is 0. The fourth-order valence-corrected chi connectivity index (χ4v) is 5.50. The highest BCUT2D eigenvalue weighted by Gasteiger charge is 2.31. The molecule has 1 unspecified atom stereocenters. The maximum Gasteiger partial charge on any atom is 0.306 e. The Kier molecular flexibility index (Phi) is 9.26. The quantitative estimate of drug-likeness (QED) is 0.296. The van der Waals surface area contributed by atoms with E-state index in [-0.39, 0.29) is 66.3 Å². The summed E-state index contributed by atoms with van der Waals surface area (Å²) in [5.41, 5.74) is 1.57. The number of hydrogen-bond acceptors (Lipinski definition) is 8. The van der Waals surface area contributed by atoms with Crippen LogP contribution >= 0.6 is 0 Å². The third kappa shape index (κ3) is 7.27. The predicted octanol–water partition coefficient (Wildman–Crippen LogP) is 5.37. The van der Waals surface area contributed by atoms with E-state index in [2.05, 4.69) is 15.2 Å². The van der Waals surface area contributed by atoms with Gasteiger partial charge in [-0.05, 0) is 74.8 Å². The highest BCUT2D eigenvalue weighted by atomic mass is 19.1. The molecule has 2 N–H and O–H groups in total. The third-order valence-electron chi connectivity index (χ3n) is 7.85. The molecule has 0 bridgehead atoms. The Bertz CT molecular complexity index is 1380. The number of fused-ring (bicyclic) bond motifs is 1. The molecule has 1 aromatic heterocycles. The van der Waals surface area contributed by atoms with Gasteiger partial charge in [-0.15, -0.1) is 0 Å². The molecule has 5 rings (SSSR count). The van der Waals surface area contributed by atoms with Crippen molar-refractivity contribution in [2.75, 3.05) is 31.6 Å². The number of aryl methyl sites for hydroxylation is 1. The summed E-state index contributed by atoms with van der Waals surface area (Å²) in [4.78, 5) is 30.4. The number of aliphatic carboxylic acids is 1. The second-order valence-electron chi connectivity index (χ2n) is 10.9. The van der Waals surface area contributed by atoms with E-state index in [0.29, 0.717) is 31.4 Å². The van der Waals surface area contributed by atoms with Crippen LogP contribution < -0.4 is 5.32 Å². The molecule has 0 radical (unpaired) electrons. The van der Waals surface area contributed by atoms with Gasteiger partial charge in [0.05, 0.1) is 18.6 Å². The number of ketones is 1. The number of likely N-dealkylation sites (tertiary alicyclic amines) is 1. The predicted molar refractivity (Wildman–Crippen MR) is 147 cm³/mol. The van der Waals surface area contributed by atoms with Crippen molar-refractivity contribution in [1.29, 1.82) is 0 Å². The lowest BCUT2D eigenvalue weighted by Gasteiger charge is -2.34. The molecule has 1 atom stereocenters. The molecular formula is C30H35F2N3O6. The van der Waals surface area contributed by atoms with Gasteiger partial charge >= 0.3 is 5.97 Å². The number of rotatable bonds is 12. The van der Waals surface area contributed by atoms with Crippen LogP contribution in [0.4, 0.5) is 20.5 Å². The second kappa shape index (κ2) is 13.1. The number of carboxylic acids is 1. The molecule has 2 aromatic carbocycles. The third-order valence-corrected chi connectivity index (χ3v) is 7.85. The lowest BCUT2D eigenvalue weighted by Crippen LogP contribution is -2.42. The van der Waals surface area contributed by atoms with E-state index in [9.17, 15) is 19.1 Å². The largest absolute Gasteiger partial charge is 0.481 e. The second-order valence-corrected chi connectivity index (χ2v) is 10.9. The molecule has 9 nitrogen and oxygen atoms in total. The minimum Gasteiger partial charge on any atom is -0.481 e. The fraction of sp³-hybridized carbons (Fsp3) is 0.500. The van der Waals surface area contributed by atoms with Crippen molar-refractivity contribution in [1.82, 2.24) is 9.88 Å². The van der Waals surface area contributed by atoms with Gasteiger partial charge in [0, 0.05) is 25.2 Å². The van der Waals surface area contributed by atoms with Crippen molar-refractivity contribution in [3.63, 3.8) is 0 Å². The lowest BCUT2D eigenvalue weighted by molar-refractivity contribution is -0.151. The number of anilines is 2. The van der Waals surface area contributed by atoms with Crippen LogP contribution in [0.3, 0.4) is 0 Å². The van der Waals surface area contributed by atoms with Gasteiger partial charge in [0.15, 0.2) is 17.2 Å². The minimum absolute atomic E-state index is 0.0174. The number of hydrogen-bond donors (Lipinski definition) is 2. The van der Waals surface area contributed by atoms with Crippen molar-refractivity contribution in [2.45, 2.75) is 64.2 Å². The van der Waals surface area contributed by atoms with Gasteiger partial charge in [-0.25, -0.2) is 8.78 Å². The molecule has 2 fully saturated rings. The van der Waals surface area contributed by atoms with Gasteiger partial charge in [-0.1, -0.05) is 12.1 Å². The molecule has 1 aliphatic heterocycles. The van der Waals surface area contributed by atoms with Crippen molar-refractivity contribution >= 4 is 34.6 Å². The summed E-state index contributed by atoms with van der Waals surface area (Å²) < 4.78 is 46.5. The van der Waals surface area contributed by atoms with Crippen molar-refractivity contribution in [3.05, 3.63) is 53.1 Å². The highest BCUT2D eigenvalue weighted by Crippen LogP contribution is 2.29. The molecule has 1 saturated carbocycles. The maximum atomic E-state index is 15.2. The molecule has 1 saturated heterocycles. The van der Waals surface area contributed by atoms with Gasteiger partial charge in [-0.3, -0.25) is 14.5 Å². The Labute approximate surface area is 236 Å². The van der Waals surface area contributed by atoms with Crippen LogP contribution in [-0.4, -0.2) is 65.4 Å². The first-order valence-electron chi connectivity index (χ1n) is 14.1. The summed E-state index contributed by atoms with van der Waals surface area (Å²) in [6.45, 7) is 3.55. The fourth-order valence-electron chi connectivity index (χ4n) is 5.50. The van der Waals surface area contributed by atoms with E-state index in [0.717, 1.165) is 31.5 Å². The standard InChI is InChI=1S/C30H35F2N3O6/c1-18-4-8-21(31)15-25(18)34-30-33-24-11-7-20(27(32)28(24)41-30)14-22(36)16-39-17-26(35-12-2-3-13-35)40-23-9-5-19(6-10-23)29(37)38/h4,7-8,11,15,19,23,26H,2-3,5-6,9-10,12-14,16-17H2,1H3,(H,33,34)(H,37,38). The maximum absolute atomic E-state index is 15.2. The number of ether oxygens (including phenoxy) is 2. The van der Waals surface area contributed by atoms with Crippen LogP contribution in [0.1, 0.15) is 49.7 Å². The van der Waals surface area contributed by atoms with Crippen molar-refractivity contribution in [3.8, 4) is 0 Å². The summed E-state index contributed by atoms with van der Waals surface area (Å²) in [6, 6.07) is 7.34. The van der Waals surface area contributed by atoms with E-state index < -0.39 is 17.6 Å². The molecule has 2 aliphatic rings. The van der Waals surface area contributed by atoms with E-state index in [1.54, 1.807) is 19.1 Å². The zero-order valence-corrected chi connectivity index (χ0v) is 23.0. The van der Waals surface area contributed by atoms with Crippen LogP contribution in [-0.2, 0) is 25.5 Å². The average Bonchev–Trinajstić information content (AvgIpc) is 3.63. The van der Waals surface area contributed by atoms with Crippen LogP contribution in [0, 0.1) is 24.5 Å². The molecule has 3 aromatic rings. The molecule has 220 valence electrons. The summed E-state index contributed by atoms with van der Waals surface area (Å²) in [5, 5.41) is 12.1. The first kappa shape index (κ1) is 29.1. The molecule has 0 spiro atoms. The SMILES string of the molecule is Cc1ccc(F)cc1Nc1nc2ccc(CC(=O)COCC(OC3CCC(C(=O)O)CC3)N3CCCC3)c(F)c2o1. The monoisotopic (exact) mass is 571 g/mol. The van der Waals surface area contributed by atoms with Crippen LogP contribution in [0.25, 0.3) is 11.1 Å². The van der Waals surface area contributed by atoms with Gasteiger partial charge in [0.25, 0.3) is 6.01 Å². The molecule has 11 heteroatoms. The van der Waals surface area contributed by atoms with E-state index >= 15 is 4.39 Å². The summed E-state index contributed by atoms with van der Waals surface area (Å²) in [6.07, 6.45) is 4.15.